The number of sulfonamides is 1. The largest absolute Gasteiger partial charge is 0.294 e. The molecule has 0 aromatic heterocycles. The monoisotopic (exact) mass is 310 g/mol. The van der Waals surface area contributed by atoms with E-state index in [2.05, 4.69) is 6.92 Å². The van der Waals surface area contributed by atoms with Crippen molar-refractivity contribution in [2.24, 2.45) is 5.92 Å². The van der Waals surface area contributed by atoms with Crippen molar-refractivity contribution in [1.82, 2.24) is 9.37 Å². The molecule has 2 saturated heterocycles. The van der Waals surface area contributed by atoms with Crippen LogP contribution in [0.3, 0.4) is 0 Å². The molecule has 5 nitrogen and oxygen atoms in total. The third-order valence-electron chi connectivity index (χ3n) is 4.50. The molecule has 0 N–H and O–H groups in total. The molecule has 2 bridgehead atoms. The van der Waals surface area contributed by atoms with Gasteiger partial charge in [0.15, 0.2) is 0 Å². The van der Waals surface area contributed by atoms with Crippen molar-refractivity contribution in [3.8, 4) is 0 Å². The minimum absolute atomic E-state index is 0.0369. The lowest BCUT2D eigenvalue weighted by Crippen LogP contribution is -2.43. The van der Waals surface area contributed by atoms with Crippen LogP contribution in [0.1, 0.15) is 18.9 Å². The predicted molar refractivity (Wildman–Crippen MR) is 80.1 cm³/mol. The molecular formula is C15H22N2O3S. The lowest BCUT2D eigenvalue weighted by Gasteiger charge is -2.31. The SMILES string of the molecule is Cc1ccc(S(=O)(=O)N2C[C@@H]3C[C@H]([C@@H](C)C2)N(C)O3)cc1. The number of aryl methyl sites for hydroxylation is 1. The molecule has 116 valence electrons. The molecule has 2 heterocycles. The van der Waals surface area contributed by atoms with E-state index in [9.17, 15) is 8.42 Å². The summed E-state index contributed by atoms with van der Waals surface area (Å²) in [5.74, 6) is 0.253. The van der Waals surface area contributed by atoms with E-state index in [0.29, 0.717) is 24.0 Å². The van der Waals surface area contributed by atoms with Crippen molar-refractivity contribution >= 4 is 10.0 Å². The number of hydroxylamine groups is 2. The van der Waals surface area contributed by atoms with Gasteiger partial charge in [0.05, 0.1) is 11.0 Å². The molecule has 0 spiro atoms. The molecule has 3 atom stereocenters. The van der Waals surface area contributed by atoms with Crippen molar-refractivity contribution in [3.63, 3.8) is 0 Å². The minimum Gasteiger partial charge on any atom is -0.294 e. The van der Waals surface area contributed by atoms with Crippen molar-refractivity contribution in [2.45, 2.75) is 37.3 Å². The quantitative estimate of drug-likeness (QED) is 0.833. The second-order valence-corrected chi connectivity index (χ2v) is 8.13. The molecule has 21 heavy (non-hydrogen) atoms. The Morgan fingerprint density at radius 2 is 1.86 bits per heavy atom. The lowest BCUT2D eigenvalue weighted by atomic mass is 9.99. The summed E-state index contributed by atoms with van der Waals surface area (Å²) in [6.07, 6.45) is 0.864. The van der Waals surface area contributed by atoms with Crippen LogP contribution >= 0.6 is 0 Å². The van der Waals surface area contributed by atoms with Crippen LogP contribution in [-0.2, 0) is 14.9 Å². The maximum Gasteiger partial charge on any atom is 0.243 e. The van der Waals surface area contributed by atoms with Gasteiger partial charge in [0.2, 0.25) is 10.0 Å². The van der Waals surface area contributed by atoms with Crippen LogP contribution < -0.4 is 0 Å². The van der Waals surface area contributed by atoms with Crippen molar-refractivity contribution in [3.05, 3.63) is 29.8 Å². The van der Waals surface area contributed by atoms with Crippen molar-refractivity contribution in [2.75, 3.05) is 20.1 Å². The summed E-state index contributed by atoms with van der Waals surface area (Å²) in [6.45, 7) is 5.02. The van der Waals surface area contributed by atoms with Crippen LogP contribution in [-0.4, -0.2) is 50.1 Å². The Morgan fingerprint density at radius 1 is 1.19 bits per heavy atom. The number of fused-ring (bicyclic) bond motifs is 2. The van der Waals surface area contributed by atoms with Gasteiger partial charge in [-0.2, -0.15) is 9.37 Å². The second kappa shape index (κ2) is 5.35. The van der Waals surface area contributed by atoms with Crippen molar-refractivity contribution < 1.29 is 13.3 Å². The van der Waals surface area contributed by atoms with E-state index in [1.54, 1.807) is 16.4 Å². The van der Waals surface area contributed by atoms with Crippen molar-refractivity contribution in [1.29, 1.82) is 0 Å². The highest BCUT2D eigenvalue weighted by molar-refractivity contribution is 7.89. The molecule has 0 radical (unpaired) electrons. The molecule has 0 aliphatic carbocycles. The first kappa shape index (κ1) is 15.0. The Hall–Kier alpha value is -0.950. The van der Waals surface area contributed by atoms with E-state index in [0.717, 1.165) is 12.0 Å². The average molecular weight is 310 g/mol. The predicted octanol–water partition coefficient (Wildman–Crippen LogP) is 1.64. The molecule has 0 unspecified atom stereocenters. The molecule has 2 aliphatic heterocycles. The first-order valence-corrected chi connectivity index (χ1v) is 8.78. The van der Waals surface area contributed by atoms with Gasteiger partial charge in [0, 0.05) is 26.2 Å². The van der Waals surface area contributed by atoms with Gasteiger partial charge in [-0.25, -0.2) is 8.42 Å². The number of benzene rings is 1. The standard InChI is InChI=1S/C15H22N2O3S/c1-11-4-6-14(7-5-11)21(18,19)17-9-12(2)15-8-13(10-17)20-16(15)3/h4-7,12-13,15H,8-10H2,1-3H3/t12-,13-,15+/m0/s1. The Labute approximate surface area is 126 Å². The number of hydrogen-bond acceptors (Lipinski definition) is 4. The Balaban J connectivity index is 1.88. The molecule has 1 aromatic rings. The van der Waals surface area contributed by atoms with Gasteiger partial charge < -0.3 is 0 Å². The molecule has 2 fully saturated rings. The van der Waals surface area contributed by atoms with E-state index in [1.807, 2.05) is 31.2 Å². The fraction of sp³-hybridized carbons (Fsp3) is 0.600. The summed E-state index contributed by atoms with van der Waals surface area (Å²) in [7, 11) is -1.50. The van der Waals surface area contributed by atoms with E-state index >= 15 is 0 Å². The topological polar surface area (TPSA) is 49.9 Å². The molecule has 1 aromatic carbocycles. The second-order valence-electron chi connectivity index (χ2n) is 6.19. The summed E-state index contributed by atoms with van der Waals surface area (Å²) in [5, 5.41) is 1.89. The van der Waals surface area contributed by atoms with Gasteiger partial charge in [0.25, 0.3) is 0 Å². The van der Waals surface area contributed by atoms with Gasteiger partial charge in [-0.3, -0.25) is 4.84 Å². The van der Waals surface area contributed by atoms with Gasteiger partial charge >= 0.3 is 0 Å². The number of rotatable bonds is 2. The minimum atomic E-state index is -3.44. The fourth-order valence-corrected chi connectivity index (χ4v) is 4.84. The zero-order valence-electron chi connectivity index (χ0n) is 12.7. The zero-order chi connectivity index (χ0) is 15.2. The highest BCUT2D eigenvalue weighted by Gasteiger charge is 2.42. The van der Waals surface area contributed by atoms with E-state index < -0.39 is 10.0 Å². The maximum atomic E-state index is 12.8. The fourth-order valence-electron chi connectivity index (χ4n) is 3.27. The first-order chi connectivity index (χ1) is 9.88. The first-order valence-electron chi connectivity index (χ1n) is 7.34. The molecule has 3 rings (SSSR count). The van der Waals surface area contributed by atoms with Crippen LogP contribution in [0.5, 0.6) is 0 Å². The van der Waals surface area contributed by atoms with E-state index in [-0.39, 0.29) is 12.0 Å². The number of nitrogens with zero attached hydrogens (tertiary/aromatic N) is 2. The van der Waals surface area contributed by atoms with Gasteiger partial charge in [0.1, 0.15) is 0 Å². The van der Waals surface area contributed by atoms with Crippen LogP contribution in [0, 0.1) is 12.8 Å². The van der Waals surface area contributed by atoms with Crippen LogP contribution in [0.4, 0.5) is 0 Å². The molecule has 0 saturated carbocycles. The average Bonchev–Trinajstić information content (AvgIpc) is 2.69. The molecular weight excluding hydrogens is 288 g/mol. The summed E-state index contributed by atoms with van der Waals surface area (Å²) in [4.78, 5) is 6.11. The highest BCUT2D eigenvalue weighted by atomic mass is 32.2. The summed E-state index contributed by atoms with van der Waals surface area (Å²) in [6, 6.07) is 7.35. The zero-order valence-corrected chi connectivity index (χ0v) is 13.5. The van der Waals surface area contributed by atoms with Crippen LogP contribution in [0.25, 0.3) is 0 Å². The number of hydrogen-bond donors (Lipinski definition) is 0. The highest BCUT2D eigenvalue weighted by Crippen LogP contribution is 2.32. The molecule has 6 heteroatoms. The Kier molecular flexibility index (Phi) is 3.81. The maximum absolute atomic E-state index is 12.8. The molecule has 0 amide bonds. The summed E-state index contributed by atoms with van der Waals surface area (Å²) in [5.41, 5.74) is 1.06. The third kappa shape index (κ3) is 2.73. The summed E-state index contributed by atoms with van der Waals surface area (Å²) < 4.78 is 27.2. The van der Waals surface area contributed by atoms with Crippen LogP contribution in [0.15, 0.2) is 29.2 Å². The van der Waals surface area contributed by atoms with Crippen LogP contribution in [0.2, 0.25) is 0 Å². The summed E-state index contributed by atoms with van der Waals surface area (Å²) >= 11 is 0. The van der Waals surface area contributed by atoms with Gasteiger partial charge in [-0.15, -0.1) is 0 Å². The lowest BCUT2D eigenvalue weighted by molar-refractivity contribution is -0.159. The normalized spacial score (nSPS) is 31.3. The van der Waals surface area contributed by atoms with E-state index in [4.69, 9.17) is 4.84 Å². The smallest absolute Gasteiger partial charge is 0.243 e. The van der Waals surface area contributed by atoms with E-state index in [1.165, 1.54) is 0 Å². The van der Waals surface area contributed by atoms with Gasteiger partial charge in [-0.05, 0) is 31.4 Å². The third-order valence-corrected chi connectivity index (χ3v) is 6.35. The Morgan fingerprint density at radius 3 is 2.52 bits per heavy atom. The van der Waals surface area contributed by atoms with Gasteiger partial charge in [-0.1, -0.05) is 24.6 Å². The Bertz CT molecular complexity index is 612. The molecule has 2 aliphatic rings.